The van der Waals surface area contributed by atoms with Crippen LogP contribution in [0.3, 0.4) is 0 Å². The summed E-state index contributed by atoms with van der Waals surface area (Å²) in [4.78, 5) is 13.3. The fourth-order valence-corrected chi connectivity index (χ4v) is 2.18. The maximum Gasteiger partial charge on any atom is 0.410 e. The molecule has 0 unspecified atom stereocenters. The van der Waals surface area contributed by atoms with E-state index in [9.17, 15) is 4.79 Å². The molecule has 1 aromatic rings. The molecular formula is C13H16ClNO2. The number of halogens is 1. The van der Waals surface area contributed by atoms with Gasteiger partial charge in [-0.05, 0) is 17.9 Å². The second-order valence-electron chi connectivity index (χ2n) is 4.29. The van der Waals surface area contributed by atoms with Gasteiger partial charge in [0.1, 0.15) is 6.61 Å². The van der Waals surface area contributed by atoms with Gasteiger partial charge in [0, 0.05) is 19.0 Å². The predicted molar refractivity (Wildman–Crippen MR) is 67.0 cm³/mol. The number of likely N-dealkylation sites (tertiary alicyclic amines) is 1. The summed E-state index contributed by atoms with van der Waals surface area (Å²) in [7, 11) is 0. The Morgan fingerprint density at radius 1 is 1.35 bits per heavy atom. The lowest BCUT2D eigenvalue weighted by atomic mass is 9.98. The van der Waals surface area contributed by atoms with E-state index >= 15 is 0 Å². The Morgan fingerprint density at radius 3 is 2.71 bits per heavy atom. The van der Waals surface area contributed by atoms with Crippen molar-refractivity contribution in [2.75, 3.05) is 19.0 Å². The molecule has 2 rings (SSSR count). The highest BCUT2D eigenvalue weighted by atomic mass is 35.5. The summed E-state index contributed by atoms with van der Waals surface area (Å²) in [6, 6.07) is 9.70. The Kier molecular flexibility index (Phi) is 4.26. The third-order valence-electron chi connectivity index (χ3n) is 2.94. The minimum absolute atomic E-state index is 0.223. The third kappa shape index (κ3) is 3.37. The number of carbonyl (C=O) groups excluding carboxylic acids is 1. The first-order chi connectivity index (χ1) is 8.29. The predicted octanol–water partition coefficient (Wildman–Crippen LogP) is 2.88. The van der Waals surface area contributed by atoms with Gasteiger partial charge in [-0.15, -0.1) is 11.6 Å². The van der Waals surface area contributed by atoms with Gasteiger partial charge in [-0.3, -0.25) is 0 Å². The highest BCUT2D eigenvalue weighted by Gasteiger charge is 2.30. The summed E-state index contributed by atoms with van der Waals surface area (Å²) in [5.74, 6) is 1.22. The van der Waals surface area contributed by atoms with Crippen LogP contribution in [0.5, 0.6) is 0 Å². The highest BCUT2D eigenvalue weighted by molar-refractivity contribution is 6.17. The van der Waals surface area contributed by atoms with Gasteiger partial charge in [0.25, 0.3) is 0 Å². The van der Waals surface area contributed by atoms with E-state index in [0.717, 1.165) is 25.1 Å². The van der Waals surface area contributed by atoms with E-state index in [4.69, 9.17) is 16.3 Å². The monoisotopic (exact) mass is 253 g/mol. The maximum absolute atomic E-state index is 11.6. The second kappa shape index (κ2) is 5.92. The Hall–Kier alpha value is -1.22. The number of hydrogen-bond donors (Lipinski definition) is 0. The van der Waals surface area contributed by atoms with Crippen molar-refractivity contribution in [3.63, 3.8) is 0 Å². The fraction of sp³-hybridized carbons (Fsp3) is 0.462. The van der Waals surface area contributed by atoms with Gasteiger partial charge in [0.15, 0.2) is 0 Å². The van der Waals surface area contributed by atoms with Crippen LogP contribution in [0.1, 0.15) is 12.0 Å². The van der Waals surface area contributed by atoms with E-state index in [1.807, 2.05) is 30.3 Å². The summed E-state index contributed by atoms with van der Waals surface area (Å²) >= 11 is 5.64. The van der Waals surface area contributed by atoms with Crippen LogP contribution in [-0.4, -0.2) is 30.0 Å². The van der Waals surface area contributed by atoms with Crippen LogP contribution < -0.4 is 0 Å². The van der Waals surface area contributed by atoms with Crippen molar-refractivity contribution in [3.8, 4) is 0 Å². The fourth-order valence-electron chi connectivity index (χ4n) is 1.87. The Labute approximate surface area is 106 Å². The van der Waals surface area contributed by atoms with Crippen molar-refractivity contribution in [2.24, 2.45) is 5.92 Å². The zero-order valence-electron chi connectivity index (χ0n) is 9.64. The smallest absolute Gasteiger partial charge is 0.410 e. The van der Waals surface area contributed by atoms with E-state index in [1.54, 1.807) is 4.90 Å². The number of hydrogen-bond acceptors (Lipinski definition) is 2. The number of amides is 1. The molecule has 1 heterocycles. The SMILES string of the molecule is O=C(OCc1ccccc1)N1CC(CCCl)C1. The van der Waals surface area contributed by atoms with Crippen LogP contribution in [-0.2, 0) is 11.3 Å². The lowest BCUT2D eigenvalue weighted by molar-refractivity contribution is 0.0488. The average Bonchev–Trinajstić information content (AvgIpc) is 2.31. The molecule has 0 radical (unpaired) electrons. The molecule has 0 atom stereocenters. The average molecular weight is 254 g/mol. The van der Waals surface area contributed by atoms with Crippen LogP contribution in [0.15, 0.2) is 30.3 Å². The number of alkyl halides is 1. The van der Waals surface area contributed by atoms with E-state index < -0.39 is 0 Å². The molecular weight excluding hydrogens is 238 g/mol. The van der Waals surface area contributed by atoms with Gasteiger partial charge in [-0.2, -0.15) is 0 Å². The standard InChI is InChI=1S/C13H16ClNO2/c14-7-6-12-8-15(9-12)13(16)17-10-11-4-2-1-3-5-11/h1-5,12H,6-10H2. The molecule has 1 aromatic carbocycles. The number of ether oxygens (including phenoxy) is 1. The molecule has 17 heavy (non-hydrogen) atoms. The van der Waals surface area contributed by atoms with Gasteiger partial charge < -0.3 is 9.64 Å². The van der Waals surface area contributed by atoms with Crippen LogP contribution >= 0.6 is 11.6 Å². The summed E-state index contributed by atoms with van der Waals surface area (Å²) < 4.78 is 5.21. The molecule has 1 fully saturated rings. The van der Waals surface area contributed by atoms with Gasteiger partial charge in [0.05, 0.1) is 0 Å². The molecule has 4 heteroatoms. The second-order valence-corrected chi connectivity index (χ2v) is 4.67. The number of nitrogens with zero attached hydrogens (tertiary/aromatic N) is 1. The molecule has 0 N–H and O–H groups in total. The molecule has 0 bridgehead atoms. The summed E-state index contributed by atoms with van der Waals surface area (Å²) in [6.45, 7) is 1.90. The largest absolute Gasteiger partial charge is 0.445 e. The molecule has 1 amide bonds. The van der Waals surface area contributed by atoms with Crippen molar-refractivity contribution >= 4 is 17.7 Å². The molecule has 0 saturated carbocycles. The number of carbonyl (C=O) groups is 1. The van der Waals surface area contributed by atoms with Crippen LogP contribution in [0, 0.1) is 5.92 Å². The Morgan fingerprint density at radius 2 is 2.06 bits per heavy atom. The Bertz CT molecular complexity index is 363. The zero-order chi connectivity index (χ0) is 12.1. The quantitative estimate of drug-likeness (QED) is 0.773. The maximum atomic E-state index is 11.6. The first-order valence-electron chi connectivity index (χ1n) is 5.81. The first-order valence-corrected chi connectivity index (χ1v) is 6.34. The third-order valence-corrected chi connectivity index (χ3v) is 3.16. The van der Waals surface area contributed by atoms with Crippen molar-refractivity contribution in [1.82, 2.24) is 4.90 Å². The van der Waals surface area contributed by atoms with Crippen LogP contribution in [0.25, 0.3) is 0 Å². The van der Waals surface area contributed by atoms with E-state index in [-0.39, 0.29) is 6.09 Å². The molecule has 1 saturated heterocycles. The van der Waals surface area contributed by atoms with E-state index in [2.05, 4.69) is 0 Å². The summed E-state index contributed by atoms with van der Waals surface area (Å²) in [5, 5.41) is 0. The normalized spacial score (nSPS) is 15.5. The topological polar surface area (TPSA) is 29.5 Å². The van der Waals surface area contributed by atoms with Crippen molar-refractivity contribution < 1.29 is 9.53 Å². The number of rotatable bonds is 4. The van der Waals surface area contributed by atoms with E-state index in [0.29, 0.717) is 18.4 Å². The van der Waals surface area contributed by atoms with E-state index in [1.165, 1.54) is 0 Å². The van der Waals surface area contributed by atoms with Crippen molar-refractivity contribution in [1.29, 1.82) is 0 Å². The van der Waals surface area contributed by atoms with Crippen LogP contribution in [0.2, 0.25) is 0 Å². The first kappa shape index (κ1) is 12.2. The van der Waals surface area contributed by atoms with Crippen molar-refractivity contribution in [3.05, 3.63) is 35.9 Å². The zero-order valence-corrected chi connectivity index (χ0v) is 10.4. The lowest BCUT2D eigenvalue weighted by Gasteiger charge is -2.38. The summed E-state index contributed by atoms with van der Waals surface area (Å²) in [6.07, 6.45) is 0.754. The van der Waals surface area contributed by atoms with Crippen LogP contribution in [0.4, 0.5) is 4.79 Å². The molecule has 92 valence electrons. The minimum atomic E-state index is -0.223. The minimum Gasteiger partial charge on any atom is -0.445 e. The lowest BCUT2D eigenvalue weighted by Crippen LogP contribution is -2.50. The molecule has 0 aromatic heterocycles. The Balaban J connectivity index is 1.69. The van der Waals surface area contributed by atoms with Gasteiger partial charge in [-0.25, -0.2) is 4.79 Å². The molecule has 1 aliphatic heterocycles. The molecule has 1 aliphatic rings. The van der Waals surface area contributed by atoms with Crippen molar-refractivity contribution in [2.45, 2.75) is 13.0 Å². The number of benzene rings is 1. The summed E-state index contributed by atoms with van der Waals surface area (Å²) in [5.41, 5.74) is 1.01. The molecule has 3 nitrogen and oxygen atoms in total. The van der Waals surface area contributed by atoms with Gasteiger partial charge in [0.2, 0.25) is 0 Å². The molecule has 0 aliphatic carbocycles. The van der Waals surface area contributed by atoms with Gasteiger partial charge in [-0.1, -0.05) is 30.3 Å². The molecule has 0 spiro atoms. The van der Waals surface area contributed by atoms with Gasteiger partial charge >= 0.3 is 6.09 Å². The highest BCUT2D eigenvalue weighted by Crippen LogP contribution is 2.20.